The molecule has 24 heavy (non-hydrogen) atoms. The minimum atomic E-state index is -2.27. The monoisotopic (exact) mass is 334 g/mol. The fourth-order valence-electron chi connectivity index (χ4n) is 1.46. The number of carboxylic acid groups (broad SMARTS) is 2. The first-order valence-corrected chi connectivity index (χ1v) is 6.48. The van der Waals surface area contributed by atoms with Gasteiger partial charge < -0.3 is 20.4 Å². The van der Waals surface area contributed by atoms with Gasteiger partial charge in [-0.1, -0.05) is 12.1 Å². The molecule has 0 fully saturated rings. The van der Waals surface area contributed by atoms with E-state index in [0.717, 1.165) is 5.56 Å². The van der Waals surface area contributed by atoms with E-state index in [9.17, 15) is 9.59 Å². The number of hydrogen-bond donors (Lipinski definition) is 4. The summed E-state index contributed by atoms with van der Waals surface area (Å²) < 4.78 is 1.74. The van der Waals surface area contributed by atoms with Gasteiger partial charge in [0.15, 0.2) is 12.2 Å². The predicted molar refractivity (Wildman–Crippen MR) is 77.6 cm³/mol. The zero-order valence-corrected chi connectivity index (χ0v) is 12.2. The Labute approximate surface area is 135 Å². The first-order valence-electron chi connectivity index (χ1n) is 6.48. The largest absolute Gasteiger partial charge is 0.479 e. The molecule has 10 heteroatoms. The molecule has 2 rings (SSSR count). The molecule has 0 bridgehead atoms. The Kier molecular flexibility index (Phi) is 7.02. The number of rotatable bonds is 5. The highest BCUT2D eigenvalue weighted by molar-refractivity contribution is 5.83. The summed E-state index contributed by atoms with van der Waals surface area (Å²) in [5.74, 6) is -3.54. The number of carbonyl (C=O) groups is 2. The van der Waals surface area contributed by atoms with Crippen molar-refractivity contribution in [1.29, 1.82) is 5.26 Å². The molecule has 0 aliphatic carbocycles. The third kappa shape index (κ3) is 5.84. The Bertz CT molecular complexity index is 690. The molecular formula is C14H14N4O6. The van der Waals surface area contributed by atoms with Crippen LogP contribution in [-0.4, -0.2) is 59.3 Å². The minimum Gasteiger partial charge on any atom is -0.479 e. The van der Waals surface area contributed by atoms with Gasteiger partial charge in [0, 0.05) is 0 Å². The molecule has 2 unspecified atom stereocenters. The summed E-state index contributed by atoms with van der Waals surface area (Å²) in [6.07, 6.45) is -1.36. The van der Waals surface area contributed by atoms with Crippen LogP contribution in [0, 0.1) is 11.3 Å². The van der Waals surface area contributed by atoms with Crippen LogP contribution >= 0.6 is 0 Å². The molecule has 1 heterocycles. The molecule has 0 saturated heterocycles. The first kappa shape index (κ1) is 18.8. The first-order chi connectivity index (χ1) is 11.3. The molecule has 0 amide bonds. The van der Waals surface area contributed by atoms with Crippen molar-refractivity contribution in [1.82, 2.24) is 14.8 Å². The second-order valence-corrected chi connectivity index (χ2v) is 4.47. The Morgan fingerprint density at radius 2 is 1.67 bits per heavy atom. The standard InChI is InChI=1S/C10H8N4.C4H6O6/c11-5-9-1-3-10(4-2-9)6-14-8-12-7-13-14;5-1(3(7)8)2(6)4(9)10/h1-4,7-8H,6H2;1-2,5-6H,(H,7,8)(H,9,10). The van der Waals surface area contributed by atoms with Gasteiger partial charge in [0.2, 0.25) is 0 Å². The van der Waals surface area contributed by atoms with Gasteiger partial charge in [-0.2, -0.15) is 10.4 Å². The van der Waals surface area contributed by atoms with Crippen molar-refractivity contribution in [3.63, 3.8) is 0 Å². The lowest BCUT2D eigenvalue weighted by Crippen LogP contribution is -2.39. The van der Waals surface area contributed by atoms with Crippen molar-refractivity contribution in [2.24, 2.45) is 0 Å². The van der Waals surface area contributed by atoms with E-state index in [1.165, 1.54) is 6.33 Å². The minimum absolute atomic E-state index is 0.673. The van der Waals surface area contributed by atoms with Gasteiger partial charge in [-0.05, 0) is 17.7 Å². The quantitative estimate of drug-likeness (QED) is 0.539. The van der Waals surface area contributed by atoms with Crippen molar-refractivity contribution in [2.45, 2.75) is 18.8 Å². The Hall–Kier alpha value is -3.29. The molecule has 1 aromatic carbocycles. The summed E-state index contributed by atoms with van der Waals surface area (Å²) in [5.41, 5.74) is 1.78. The van der Waals surface area contributed by atoms with Crippen LogP contribution in [0.2, 0.25) is 0 Å². The van der Waals surface area contributed by atoms with Crippen molar-refractivity contribution in [2.75, 3.05) is 0 Å². The summed E-state index contributed by atoms with van der Waals surface area (Å²) >= 11 is 0. The molecule has 0 saturated carbocycles. The van der Waals surface area contributed by atoms with Crippen LogP contribution in [0.5, 0.6) is 0 Å². The van der Waals surface area contributed by atoms with E-state index < -0.39 is 24.1 Å². The van der Waals surface area contributed by atoms with Crippen molar-refractivity contribution >= 4 is 11.9 Å². The molecule has 10 nitrogen and oxygen atoms in total. The lowest BCUT2D eigenvalue weighted by Gasteiger charge is -2.07. The highest BCUT2D eigenvalue weighted by Crippen LogP contribution is 2.04. The van der Waals surface area contributed by atoms with Gasteiger partial charge in [0.1, 0.15) is 12.7 Å². The van der Waals surface area contributed by atoms with Gasteiger partial charge in [-0.3, -0.25) is 0 Å². The smallest absolute Gasteiger partial charge is 0.335 e. The number of hydrogen-bond acceptors (Lipinski definition) is 7. The second kappa shape index (κ2) is 8.99. The number of nitrogens with zero attached hydrogens (tertiary/aromatic N) is 4. The average Bonchev–Trinajstić information content (AvgIpc) is 3.07. The van der Waals surface area contributed by atoms with E-state index in [1.807, 2.05) is 12.1 Å². The zero-order valence-electron chi connectivity index (χ0n) is 12.2. The number of aromatic nitrogens is 3. The van der Waals surface area contributed by atoms with Crippen LogP contribution in [-0.2, 0) is 16.1 Å². The molecule has 0 radical (unpaired) electrons. The number of aliphatic hydroxyl groups excluding tert-OH is 2. The number of aliphatic hydroxyl groups is 2. The lowest BCUT2D eigenvalue weighted by atomic mass is 10.1. The van der Waals surface area contributed by atoms with Gasteiger partial charge >= 0.3 is 11.9 Å². The molecular weight excluding hydrogens is 320 g/mol. The molecule has 2 aromatic rings. The van der Waals surface area contributed by atoms with E-state index in [4.69, 9.17) is 25.7 Å². The van der Waals surface area contributed by atoms with Crippen LogP contribution in [0.1, 0.15) is 11.1 Å². The van der Waals surface area contributed by atoms with E-state index in [1.54, 1.807) is 23.1 Å². The number of carboxylic acids is 2. The Morgan fingerprint density at radius 3 is 2.04 bits per heavy atom. The summed E-state index contributed by atoms with van der Waals surface area (Å²) in [4.78, 5) is 23.4. The molecule has 0 aliphatic heterocycles. The third-order valence-corrected chi connectivity index (χ3v) is 2.70. The number of aliphatic carboxylic acids is 2. The topological polar surface area (TPSA) is 170 Å². The maximum Gasteiger partial charge on any atom is 0.335 e. The fraction of sp³-hybridized carbons (Fsp3) is 0.214. The molecule has 4 N–H and O–H groups in total. The van der Waals surface area contributed by atoms with Gasteiger partial charge in [0.05, 0.1) is 18.2 Å². The maximum atomic E-state index is 9.77. The van der Waals surface area contributed by atoms with Crippen LogP contribution in [0.15, 0.2) is 36.9 Å². The van der Waals surface area contributed by atoms with Crippen molar-refractivity contribution in [3.8, 4) is 6.07 Å². The molecule has 0 aliphatic rings. The molecule has 2 atom stereocenters. The van der Waals surface area contributed by atoms with Crippen LogP contribution in [0.25, 0.3) is 0 Å². The van der Waals surface area contributed by atoms with Crippen LogP contribution < -0.4 is 0 Å². The number of nitriles is 1. The maximum absolute atomic E-state index is 9.77. The van der Waals surface area contributed by atoms with Gasteiger partial charge in [0.25, 0.3) is 0 Å². The third-order valence-electron chi connectivity index (χ3n) is 2.70. The van der Waals surface area contributed by atoms with E-state index in [-0.39, 0.29) is 0 Å². The van der Waals surface area contributed by atoms with E-state index in [2.05, 4.69) is 16.2 Å². The second-order valence-electron chi connectivity index (χ2n) is 4.47. The van der Waals surface area contributed by atoms with Crippen molar-refractivity contribution in [3.05, 3.63) is 48.0 Å². The number of benzene rings is 1. The van der Waals surface area contributed by atoms with E-state index in [0.29, 0.717) is 12.1 Å². The zero-order chi connectivity index (χ0) is 18.1. The van der Waals surface area contributed by atoms with Gasteiger partial charge in [-0.15, -0.1) is 0 Å². The van der Waals surface area contributed by atoms with E-state index >= 15 is 0 Å². The van der Waals surface area contributed by atoms with Crippen LogP contribution in [0.4, 0.5) is 0 Å². The Morgan fingerprint density at radius 1 is 1.12 bits per heavy atom. The average molecular weight is 334 g/mol. The Balaban J connectivity index is 0.000000257. The fourth-order valence-corrected chi connectivity index (χ4v) is 1.46. The molecule has 1 aromatic heterocycles. The summed E-state index contributed by atoms with van der Waals surface area (Å²) in [7, 11) is 0. The summed E-state index contributed by atoms with van der Waals surface area (Å²) in [6, 6.07) is 9.51. The van der Waals surface area contributed by atoms with Gasteiger partial charge in [-0.25, -0.2) is 19.3 Å². The SMILES string of the molecule is N#Cc1ccc(Cn2cncn2)cc1.O=C(O)C(O)C(O)C(=O)O. The highest BCUT2D eigenvalue weighted by atomic mass is 16.4. The van der Waals surface area contributed by atoms with Crippen molar-refractivity contribution < 1.29 is 30.0 Å². The molecule has 126 valence electrons. The van der Waals surface area contributed by atoms with Crippen LogP contribution in [0.3, 0.4) is 0 Å². The summed E-state index contributed by atoms with van der Waals surface area (Å²) in [6.45, 7) is 0.686. The highest BCUT2D eigenvalue weighted by Gasteiger charge is 2.29. The normalized spacial score (nSPS) is 12.2. The lowest BCUT2D eigenvalue weighted by molar-refractivity contribution is -0.165. The summed E-state index contributed by atoms with van der Waals surface area (Å²) in [5, 5.41) is 45.1. The molecule has 0 spiro atoms. The predicted octanol–water partition coefficient (Wildman–Crippen LogP) is -0.925.